The number of benzene rings is 2. The van der Waals surface area contributed by atoms with Gasteiger partial charge in [-0.1, -0.05) is 18.2 Å². The van der Waals surface area contributed by atoms with Gasteiger partial charge in [-0.3, -0.25) is 9.59 Å². The van der Waals surface area contributed by atoms with Crippen molar-refractivity contribution in [2.24, 2.45) is 0 Å². The maximum Gasteiger partial charge on any atom is 0.325 e. The van der Waals surface area contributed by atoms with Crippen LogP contribution >= 0.6 is 0 Å². The number of anilines is 1. The third kappa shape index (κ3) is 5.31. The van der Waals surface area contributed by atoms with Crippen LogP contribution in [0.3, 0.4) is 0 Å². The number of nitrogens with zero attached hydrogens (tertiary/aromatic N) is 2. The Labute approximate surface area is 180 Å². The number of amides is 1. The first-order valence-corrected chi connectivity index (χ1v) is 9.95. The zero-order chi connectivity index (χ0) is 22.2. The molecule has 0 aliphatic carbocycles. The number of aromatic nitrogens is 1. The first kappa shape index (κ1) is 21.7. The number of rotatable bonds is 8. The zero-order valence-corrected chi connectivity index (χ0v) is 17.4. The van der Waals surface area contributed by atoms with E-state index >= 15 is 0 Å². The fourth-order valence-corrected chi connectivity index (χ4v) is 3.17. The molecule has 7 heteroatoms. The minimum absolute atomic E-state index is 0.0441. The molecule has 1 aromatic heterocycles. The summed E-state index contributed by atoms with van der Waals surface area (Å²) in [4.78, 5) is 24.6. The maximum absolute atomic E-state index is 12.7. The lowest BCUT2D eigenvalue weighted by molar-refractivity contribution is -0.143. The van der Waals surface area contributed by atoms with Crippen molar-refractivity contribution in [3.63, 3.8) is 0 Å². The Morgan fingerprint density at radius 2 is 1.84 bits per heavy atom. The van der Waals surface area contributed by atoms with E-state index in [0.29, 0.717) is 30.2 Å². The number of nitriles is 1. The summed E-state index contributed by atoms with van der Waals surface area (Å²) in [6.45, 7) is 4.54. The minimum Gasteiger partial charge on any atom is -0.494 e. The summed E-state index contributed by atoms with van der Waals surface area (Å²) in [5, 5.41) is 13.1. The Morgan fingerprint density at radius 3 is 2.52 bits per heavy atom. The number of fused-ring (bicyclic) bond motifs is 1. The molecular weight excluding hydrogens is 394 g/mol. The SMILES string of the molecule is CCOC(=O)Cn1cc(/C=C(\C#N)C(=O)Nc2ccc(OCC)cc2)c2ccccc21. The highest BCUT2D eigenvalue weighted by Crippen LogP contribution is 2.24. The maximum atomic E-state index is 12.7. The van der Waals surface area contributed by atoms with Crippen molar-refractivity contribution in [2.45, 2.75) is 20.4 Å². The topological polar surface area (TPSA) is 93.4 Å². The van der Waals surface area contributed by atoms with Crippen LogP contribution in [0.2, 0.25) is 0 Å². The van der Waals surface area contributed by atoms with Gasteiger partial charge in [0.2, 0.25) is 0 Å². The second kappa shape index (κ2) is 10.1. The second-order valence-electron chi connectivity index (χ2n) is 6.62. The summed E-state index contributed by atoms with van der Waals surface area (Å²) in [5.74, 6) is -0.174. The largest absolute Gasteiger partial charge is 0.494 e. The van der Waals surface area contributed by atoms with E-state index < -0.39 is 5.91 Å². The summed E-state index contributed by atoms with van der Waals surface area (Å²) in [5.41, 5.74) is 1.98. The molecule has 1 amide bonds. The van der Waals surface area contributed by atoms with Gasteiger partial charge in [0.25, 0.3) is 5.91 Å². The first-order valence-electron chi connectivity index (χ1n) is 9.95. The summed E-state index contributed by atoms with van der Waals surface area (Å²) < 4.78 is 12.2. The van der Waals surface area contributed by atoms with Crippen molar-refractivity contribution in [1.82, 2.24) is 4.57 Å². The molecule has 3 aromatic rings. The molecule has 0 saturated carbocycles. The molecule has 0 spiro atoms. The Morgan fingerprint density at radius 1 is 1.10 bits per heavy atom. The zero-order valence-electron chi connectivity index (χ0n) is 17.4. The van der Waals surface area contributed by atoms with E-state index in [1.54, 1.807) is 42.0 Å². The first-order chi connectivity index (χ1) is 15.0. The Bertz CT molecular complexity index is 1150. The van der Waals surface area contributed by atoms with Gasteiger partial charge in [0.05, 0.1) is 13.2 Å². The normalized spacial score (nSPS) is 11.1. The van der Waals surface area contributed by atoms with Gasteiger partial charge >= 0.3 is 5.97 Å². The second-order valence-corrected chi connectivity index (χ2v) is 6.62. The highest BCUT2D eigenvalue weighted by atomic mass is 16.5. The average Bonchev–Trinajstić information content (AvgIpc) is 3.11. The van der Waals surface area contributed by atoms with Gasteiger partial charge < -0.3 is 19.4 Å². The average molecular weight is 417 g/mol. The Balaban J connectivity index is 1.86. The van der Waals surface area contributed by atoms with Gasteiger partial charge in [0.15, 0.2) is 0 Å². The highest BCUT2D eigenvalue weighted by molar-refractivity contribution is 6.10. The molecule has 7 nitrogen and oxygen atoms in total. The van der Waals surface area contributed by atoms with Crippen LogP contribution in [-0.2, 0) is 20.9 Å². The summed E-state index contributed by atoms with van der Waals surface area (Å²) in [7, 11) is 0. The van der Waals surface area contributed by atoms with E-state index in [1.165, 1.54) is 6.08 Å². The number of carbonyl (C=O) groups excluding carboxylic acids is 2. The summed E-state index contributed by atoms with van der Waals surface area (Å²) in [6, 6.07) is 16.4. The van der Waals surface area contributed by atoms with E-state index in [4.69, 9.17) is 9.47 Å². The van der Waals surface area contributed by atoms with Crippen LogP contribution in [0.1, 0.15) is 19.4 Å². The van der Waals surface area contributed by atoms with Crippen LogP contribution in [0.5, 0.6) is 5.75 Å². The number of ether oxygens (including phenoxy) is 2. The fraction of sp³-hybridized carbons (Fsp3) is 0.208. The van der Waals surface area contributed by atoms with Crippen LogP contribution in [0.15, 0.2) is 60.3 Å². The number of nitrogens with one attached hydrogen (secondary N) is 1. The van der Waals surface area contributed by atoms with Crippen LogP contribution < -0.4 is 10.1 Å². The Hall–Kier alpha value is -4.05. The molecule has 0 aliphatic heterocycles. The van der Waals surface area contributed by atoms with E-state index in [1.807, 2.05) is 37.3 Å². The van der Waals surface area contributed by atoms with Gasteiger partial charge in [0.1, 0.15) is 23.9 Å². The van der Waals surface area contributed by atoms with E-state index in [9.17, 15) is 14.9 Å². The molecule has 0 fully saturated rings. The van der Waals surface area contributed by atoms with Crippen LogP contribution in [0, 0.1) is 11.3 Å². The monoisotopic (exact) mass is 417 g/mol. The van der Waals surface area contributed by atoms with E-state index in [-0.39, 0.29) is 18.1 Å². The highest BCUT2D eigenvalue weighted by Gasteiger charge is 2.14. The quantitative estimate of drug-likeness (QED) is 0.338. The predicted molar refractivity (Wildman–Crippen MR) is 118 cm³/mol. The molecule has 0 saturated heterocycles. The lowest BCUT2D eigenvalue weighted by Crippen LogP contribution is -2.13. The summed E-state index contributed by atoms with van der Waals surface area (Å²) >= 11 is 0. The standard InChI is InChI=1S/C24H23N3O4/c1-3-30-20-11-9-19(10-12-20)26-24(29)17(14-25)13-18-15-27(16-23(28)31-4-2)22-8-6-5-7-21(18)22/h5-13,15H,3-4,16H2,1-2H3,(H,26,29)/b17-13+. The molecule has 0 radical (unpaired) electrons. The molecule has 2 aromatic carbocycles. The molecule has 0 bridgehead atoms. The molecule has 0 aliphatic rings. The molecule has 1 heterocycles. The molecule has 1 N–H and O–H groups in total. The third-order valence-electron chi connectivity index (χ3n) is 4.51. The number of esters is 1. The number of hydrogen-bond donors (Lipinski definition) is 1. The lowest BCUT2D eigenvalue weighted by Gasteiger charge is -2.06. The summed E-state index contributed by atoms with van der Waals surface area (Å²) in [6.07, 6.45) is 3.26. The van der Waals surface area contributed by atoms with Gasteiger partial charge in [-0.2, -0.15) is 5.26 Å². The molecule has 31 heavy (non-hydrogen) atoms. The molecular formula is C24H23N3O4. The van der Waals surface area contributed by atoms with Crippen molar-refractivity contribution in [3.05, 3.63) is 65.9 Å². The van der Waals surface area contributed by atoms with Crippen molar-refractivity contribution in [1.29, 1.82) is 5.26 Å². The predicted octanol–water partition coefficient (Wildman–Crippen LogP) is 4.15. The lowest BCUT2D eigenvalue weighted by atomic mass is 10.1. The van der Waals surface area contributed by atoms with Gasteiger partial charge in [-0.05, 0) is 50.3 Å². The van der Waals surface area contributed by atoms with Gasteiger partial charge in [-0.25, -0.2) is 0 Å². The fourth-order valence-electron chi connectivity index (χ4n) is 3.17. The third-order valence-corrected chi connectivity index (χ3v) is 4.51. The van der Waals surface area contributed by atoms with E-state index in [2.05, 4.69) is 5.32 Å². The molecule has 0 unspecified atom stereocenters. The number of hydrogen-bond acceptors (Lipinski definition) is 5. The van der Waals surface area contributed by atoms with Crippen molar-refractivity contribution in [3.8, 4) is 11.8 Å². The van der Waals surface area contributed by atoms with Gasteiger partial charge in [-0.15, -0.1) is 0 Å². The molecule has 0 atom stereocenters. The molecule has 3 rings (SSSR count). The minimum atomic E-state index is -0.520. The van der Waals surface area contributed by atoms with Crippen molar-refractivity contribution < 1.29 is 19.1 Å². The van der Waals surface area contributed by atoms with E-state index in [0.717, 1.165) is 10.9 Å². The molecule has 158 valence electrons. The van der Waals surface area contributed by atoms with Crippen LogP contribution in [0.25, 0.3) is 17.0 Å². The number of carbonyl (C=O) groups is 2. The van der Waals surface area contributed by atoms with Crippen molar-refractivity contribution >= 4 is 34.5 Å². The van der Waals surface area contributed by atoms with Crippen molar-refractivity contribution in [2.75, 3.05) is 18.5 Å². The smallest absolute Gasteiger partial charge is 0.325 e. The van der Waals surface area contributed by atoms with Crippen LogP contribution in [-0.4, -0.2) is 29.7 Å². The Kier molecular flexibility index (Phi) is 7.07. The van der Waals surface area contributed by atoms with Gasteiger partial charge in [0, 0.05) is 28.4 Å². The van der Waals surface area contributed by atoms with Crippen LogP contribution in [0.4, 0.5) is 5.69 Å². The number of para-hydroxylation sites is 1.